The summed E-state index contributed by atoms with van der Waals surface area (Å²) in [6.45, 7) is 0.164. The summed E-state index contributed by atoms with van der Waals surface area (Å²) < 4.78 is 0. The Bertz CT molecular complexity index is 1110. The van der Waals surface area contributed by atoms with E-state index in [1.54, 1.807) is 42.5 Å². The molecule has 1 aliphatic heterocycles. The van der Waals surface area contributed by atoms with E-state index in [1.165, 1.54) is 4.90 Å². The molecular formula is C22H16Cl2N2O3. The highest BCUT2D eigenvalue weighted by Gasteiger charge is 2.32. The van der Waals surface area contributed by atoms with E-state index >= 15 is 0 Å². The molecule has 1 N–H and O–H groups in total. The first kappa shape index (κ1) is 19.4. The number of imide groups is 1. The van der Waals surface area contributed by atoms with Crippen molar-refractivity contribution < 1.29 is 14.4 Å². The van der Waals surface area contributed by atoms with E-state index in [-0.39, 0.29) is 30.7 Å². The molecule has 1 aliphatic rings. The maximum Gasteiger partial charge on any atom is 0.261 e. The van der Waals surface area contributed by atoms with Gasteiger partial charge in [-0.25, -0.2) is 0 Å². The fraction of sp³-hybridized carbons (Fsp3) is 0.136. The van der Waals surface area contributed by atoms with Crippen LogP contribution in [0.5, 0.6) is 0 Å². The first-order valence-corrected chi connectivity index (χ1v) is 9.84. The zero-order valence-electron chi connectivity index (χ0n) is 15.2. The third-order valence-electron chi connectivity index (χ3n) is 4.84. The monoisotopic (exact) mass is 426 g/mol. The van der Waals surface area contributed by atoms with Crippen molar-refractivity contribution in [2.45, 2.75) is 12.8 Å². The molecule has 0 bridgehead atoms. The number of hydrogen-bond donors (Lipinski definition) is 1. The van der Waals surface area contributed by atoms with Gasteiger partial charge in [0.05, 0.1) is 10.0 Å². The topological polar surface area (TPSA) is 66.5 Å². The summed E-state index contributed by atoms with van der Waals surface area (Å²) in [6.07, 6.45) is 0.506. The molecule has 5 nitrogen and oxygen atoms in total. The molecule has 0 unspecified atom stereocenters. The summed E-state index contributed by atoms with van der Waals surface area (Å²) in [4.78, 5) is 39.1. The average Bonchev–Trinajstić information content (AvgIpc) is 2.71. The Morgan fingerprint density at radius 1 is 0.897 bits per heavy atom. The van der Waals surface area contributed by atoms with Gasteiger partial charge in [0.2, 0.25) is 5.91 Å². The molecule has 3 aromatic rings. The molecule has 0 atom stereocenters. The number of carbonyl (C=O) groups excluding carboxylic acids is 3. The summed E-state index contributed by atoms with van der Waals surface area (Å²) in [7, 11) is 0. The molecule has 3 aromatic carbocycles. The Morgan fingerprint density at radius 3 is 2.17 bits per heavy atom. The van der Waals surface area contributed by atoms with Gasteiger partial charge in [0, 0.05) is 35.2 Å². The Morgan fingerprint density at radius 2 is 1.55 bits per heavy atom. The minimum Gasteiger partial charge on any atom is -0.326 e. The first-order valence-electron chi connectivity index (χ1n) is 9.08. The number of nitrogens with zero attached hydrogens (tertiary/aromatic N) is 1. The number of halogens is 2. The molecule has 7 heteroatoms. The van der Waals surface area contributed by atoms with E-state index in [1.807, 2.05) is 12.1 Å². The Hall–Kier alpha value is -2.89. The number of rotatable bonds is 5. The number of carbonyl (C=O) groups is 3. The molecule has 0 spiro atoms. The molecule has 4 rings (SSSR count). The molecule has 0 saturated carbocycles. The third-order valence-corrected chi connectivity index (χ3v) is 5.58. The average molecular weight is 427 g/mol. The van der Waals surface area contributed by atoms with Crippen LogP contribution in [0.1, 0.15) is 33.6 Å². The van der Waals surface area contributed by atoms with Gasteiger partial charge in [0.1, 0.15) is 0 Å². The number of nitrogens with one attached hydrogen (secondary N) is 1. The summed E-state index contributed by atoms with van der Waals surface area (Å²) in [5.74, 6) is -0.892. The van der Waals surface area contributed by atoms with Crippen LogP contribution >= 0.6 is 23.2 Å². The van der Waals surface area contributed by atoms with Crippen molar-refractivity contribution >= 4 is 57.4 Å². The third kappa shape index (κ3) is 3.71. The van der Waals surface area contributed by atoms with Gasteiger partial charge in [-0.1, -0.05) is 47.5 Å². The van der Waals surface area contributed by atoms with E-state index in [2.05, 4.69) is 5.32 Å². The van der Waals surface area contributed by atoms with E-state index in [0.717, 1.165) is 5.39 Å². The molecule has 146 valence electrons. The molecule has 0 aromatic heterocycles. The molecular weight excluding hydrogens is 411 g/mol. The smallest absolute Gasteiger partial charge is 0.261 e. The molecule has 0 fully saturated rings. The predicted octanol–water partition coefficient (Wildman–Crippen LogP) is 5.16. The number of amides is 3. The fourth-order valence-corrected chi connectivity index (χ4v) is 3.78. The quantitative estimate of drug-likeness (QED) is 0.572. The van der Waals surface area contributed by atoms with Gasteiger partial charge in [0.15, 0.2) is 0 Å². The van der Waals surface area contributed by atoms with Gasteiger partial charge >= 0.3 is 0 Å². The normalized spacial score (nSPS) is 13.1. The minimum absolute atomic E-state index is 0.156. The van der Waals surface area contributed by atoms with Crippen LogP contribution in [0.2, 0.25) is 10.0 Å². The fourth-order valence-electron chi connectivity index (χ4n) is 3.48. The lowest BCUT2D eigenvalue weighted by Crippen LogP contribution is -2.41. The van der Waals surface area contributed by atoms with Gasteiger partial charge in [-0.3, -0.25) is 19.3 Å². The lowest BCUT2D eigenvalue weighted by Gasteiger charge is -2.27. The predicted molar refractivity (Wildman–Crippen MR) is 114 cm³/mol. The highest BCUT2D eigenvalue weighted by molar-refractivity contribution is 6.42. The van der Waals surface area contributed by atoms with Crippen molar-refractivity contribution in [3.8, 4) is 0 Å². The van der Waals surface area contributed by atoms with Crippen LogP contribution in [-0.4, -0.2) is 29.2 Å². The summed E-state index contributed by atoms with van der Waals surface area (Å²) in [5, 5.41) is 5.04. The molecule has 29 heavy (non-hydrogen) atoms. The zero-order chi connectivity index (χ0) is 20.5. The lowest BCUT2D eigenvalue weighted by molar-refractivity contribution is -0.116. The largest absolute Gasteiger partial charge is 0.326 e. The summed E-state index contributed by atoms with van der Waals surface area (Å²) >= 11 is 11.8. The second kappa shape index (κ2) is 7.85. The van der Waals surface area contributed by atoms with E-state index < -0.39 is 0 Å². The van der Waals surface area contributed by atoms with Gasteiger partial charge in [-0.2, -0.15) is 0 Å². The van der Waals surface area contributed by atoms with Crippen LogP contribution in [0, 0.1) is 0 Å². The lowest BCUT2D eigenvalue weighted by atomic mass is 9.94. The Labute approximate surface area is 177 Å². The van der Waals surface area contributed by atoms with Crippen LogP contribution in [0.4, 0.5) is 5.69 Å². The minimum atomic E-state index is -0.329. The molecule has 3 amide bonds. The summed E-state index contributed by atoms with van der Waals surface area (Å²) in [5.41, 5.74) is 1.56. The van der Waals surface area contributed by atoms with Crippen molar-refractivity contribution in [1.82, 2.24) is 4.90 Å². The SMILES string of the molecule is O=C(CCCN1C(=O)c2cccc3cccc(c23)C1=O)Nc1ccc(Cl)c(Cl)c1. The molecule has 0 saturated heterocycles. The first-order chi connectivity index (χ1) is 14.0. The van der Waals surface area contributed by atoms with Crippen molar-refractivity contribution in [2.75, 3.05) is 11.9 Å². The van der Waals surface area contributed by atoms with Crippen molar-refractivity contribution in [3.63, 3.8) is 0 Å². The maximum atomic E-state index is 12.8. The van der Waals surface area contributed by atoms with Crippen molar-refractivity contribution in [1.29, 1.82) is 0 Å². The van der Waals surface area contributed by atoms with Crippen LogP contribution < -0.4 is 5.32 Å². The van der Waals surface area contributed by atoms with E-state index in [9.17, 15) is 14.4 Å². The van der Waals surface area contributed by atoms with E-state index in [4.69, 9.17) is 23.2 Å². The second-order valence-corrected chi connectivity index (χ2v) is 7.57. The van der Waals surface area contributed by atoms with E-state index in [0.29, 0.717) is 38.7 Å². The molecule has 1 heterocycles. The highest BCUT2D eigenvalue weighted by Crippen LogP contribution is 2.30. The van der Waals surface area contributed by atoms with Gasteiger partial charge in [-0.15, -0.1) is 0 Å². The summed E-state index contributed by atoms with van der Waals surface area (Å²) in [6, 6.07) is 15.6. The second-order valence-electron chi connectivity index (χ2n) is 6.75. The zero-order valence-corrected chi connectivity index (χ0v) is 16.8. The Balaban J connectivity index is 1.42. The van der Waals surface area contributed by atoms with Gasteiger partial charge in [0.25, 0.3) is 11.8 Å². The van der Waals surface area contributed by atoms with Crippen LogP contribution in [0.15, 0.2) is 54.6 Å². The van der Waals surface area contributed by atoms with Gasteiger partial charge < -0.3 is 5.32 Å². The number of hydrogen-bond acceptors (Lipinski definition) is 3. The van der Waals surface area contributed by atoms with Crippen LogP contribution in [0.25, 0.3) is 10.8 Å². The molecule has 0 radical (unpaired) electrons. The number of benzene rings is 3. The number of anilines is 1. The van der Waals surface area contributed by atoms with Crippen LogP contribution in [0.3, 0.4) is 0 Å². The van der Waals surface area contributed by atoms with Crippen molar-refractivity contribution in [2.24, 2.45) is 0 Å². The van der Waals surface area contributed by atoms with Crippen molar-refractivity contribution in [3.05, 3.63) is 75.8 Å². The standard InChI is InChI=1S/C22H16Cl2N2O3/c23-17-10-9-14(12-18(17)24)25-19(27)8-3-11-26-21(28)15-6-1-4-13-5-2-7-16(20(13)15)22(26)29/h1-2,4-7,9-10,12H,3,8,11H2,(H,25,27). The highest BCUT2D eigenvalue weighted by atomic mass is 35.5. The maximum absolute atomic E-state index is 12.8. The van der Waals surface area contributed by atoms with Gasteiger partial charge in [-0.05, 0) is 42.1 Å². The Kier molecular flexibility index (Phi) is 5.26. The van der Waals surface area contributed by atoms with Crippen LogP contribution in [-0.2, 0) is 4.79 Å². The molecule has 0 aliphatic carbocycles.